The van der Waals surface area contributed by atoms with E-state index < -0.39 is 17.8 Å². The summed E-state index contributed by atoms with van der Waals surface area (Å²) in [5.74, 6) is 0.0682. The normalized spacial score (nSPS) is 13.4. The summed E-state index contributed by atoms with van der Waals surface area (Å²) in [6, 6.07) is 10.1. The number of halogens is 1. The summed E-state index contributed by atoms with van der Waals surface area (Å²) >= 11 is 3.42. The summed E-state index contributed by atoms with van der Waals surface area (Å²) in [5.41, 5.74) is 1.47. The summed E-state index contributed by atoms with van der Waals surface area (Å²) < 4.78 is 17.4. The Morgan fingerprint density at radius 3 is 2.23 bits per heavy atom. The first-order chi connectivity index (χ1) is 14.4. The molecule has 1 heterocycles. The number of methoxy groups -OCH3 is 1. The fraction of sp³-hybridized carbons (Fsp3) is 0.190. The second kappa shape index (κ2) is 9.45. The summed E-state index contributed by atoms with van der Waals surface area (Å²) in [5, 5.41) is 4.05. The Balaban J connectivity index is 1.70. The molecule has 8 nitrogen and oxygen atoms in total. The van der Waals surface area contributed by atoms with Gasteiger partial charge in [-0.15, -0.1) is 0 Å². The van der Waals surface area contributed by atoms with Gasteiger partial charge in [-0.05, 0) is 58.8 Å². The lowest BCUT2D eigenvalue weighted by Crippen LogP contribution is -2.51. The van der Waals surface area contributed by atoms with E-state index in [0.717, 1.165) is 11.3 Å². The lowest BCUT2D eigenvalue weighted by atomic mass is 10.1. The molecule has 0 atom stereocenters. The Kier molecular flexibility index (Phi) is 6.73. The lowest BCUT2D eigenvalue weighted by Gasteiger charge is -2.16. The Morgan fingerprint density at radius 1 is 0.967 bits per heavy atom. The molecule has 2 aromatic rings. The highest BCUT2D eigenvalue weighted by molar-refractivity contribution is 9.10. The predicted molar refractivity (Wildman–Crippen MR) is 113 cm³/mol. The molecular formula is C21H19BrN2O6. The third kappa shape index (κ3) is 5.18. The first kappa shape index (κ1) is 21.4. The standard InChI is InChI=1S/C21H19BrN2O6/c1-12-3-5-14(6-4-12)29-7-8-30-18-16(22)10-13(11-17(18)28-2)9-15-19(25)23-21(27)24-20(15)26/h3-6,9-11H,7-8H2,1-2H3,(H2,23,24,25,26,27). The van der Waals surface area contributed by atoms with E-state index in [-0.39, 0.29) is 12.2 Å². The maximum Gasteiger partial charge on any atom is 0.328 e. The number of aryl methyl sites for hydroxylation is 1. The molecule has 4 amide bonds. The highest BCUT2D eigenvalue weighted by atomic mass is 79.9. The van der Waals surface area contributed by atoms with Crippen LogP contribution >= 0.6 is 15.9 Å². The monoisotopic (exact) mass is 474 g/mol. The zero-order valence-corrected chi connectivity index (χ0v) is 17.9. The zero-order chi connectivity index (χ0) is 21.7. The molecule has 0 saturated carbocycles. The minimum atomic E-state index is -0.850. The van der Waals surface area contributed by atoms with Gasteiger partial charge in [0.1, 0.15) is 24.5 Å². The van der Waals surface area contributed by atoms with E-state index in [1.165, 1.54) is 13.2 Å². The van der Waals surface area contributed by atoms with Crippen molar-refractivity contribution in [2.75, 3.05) is 20.3 Å². The van der Waals surface area contributed by atoms with E-state index in [0.29, 0.717) is 28.1 Å². The molecule has 9 heteroatoms. The van der Waals surface area contributed by atoms with Gasteiger partial charge in [-0.2, -0.15) is 0 Å². The van der Waals surface area contributed by atoms with Crippen LogP contribution in [0, 0.1) is 6.92 Å². The molecule has 0 radical (unpaired) electrons. The van der Waals surface area contributed by atoms with Gasteiger partial charge in [0.15, 0.2) is 11.5 Å². The van der Waals surface area contributed by atoms with Crippen LogP contribution in [0.15, 0.2) is 46.4 Å². The summed E-state index contributed by atoms with van der Waals surface area (Å²) in [6.07, 6.45) is 1.36. The van der Waals surface area contributed by atoms with Crippen LogP contribution in [0.1, 0.15) is 11.1 Å². The highest BCUT2D eigenvalue weighted by Crippen LogP contribution is 2.37. The number of carbonyl (C=O) groups is 3. The van der Waals surface area contributed by atoms with Crippen molar-refractivity contribution in [2.24, 2.45) is 0 Å². The summed E-state index contributed by atoms with van der Waals surface area (Å²) in [4.78, 5) is 35.0. The first-order valence-corrected chi connectivity index (χ1v) is 9.75. The minimum Gasteiger partial charge on any atom is -0.493 e. The van der Waals surface area contributed by atoms with Crippen LogP contribution in [-0.4, -0.2) is 38.2 Å². The van der Waals surface area contributed by atoms with Gasteiger partial charge in [-0.1, -0.05) is 17.7 Å². The Hall–Kier alpha value is -3.33. The van der Waals surface area contributed by atoms with Crippen molar-refractivity contribution >= 4 is 39.9 Å². The zero-order valence-electron chi connectivity index (χ0n) is 16.3. The average Bonchev–Trinajstić information content (AvgIpc) is 2.70. The number of benzene rings is 2. The van der Waals surface area contributed by atoms with Crippen molar-refractivity contribution in [3.8, 4) is 17.2 Å². The van der Waals surface area contributed by atoms with E-state index in [4.69, 9.17) is 14.2 Å². The average molecular weight is 475 g/mol. The van der Waals surface area contributed by atoms with Gasteiger partial charge in [0.05, 0.1) is 11.6 Å². The molecule has 0 unspecified atom stereocenters. The lowest BCUT2D eigenvalue weighted by molar-refractivity contribution is -0.123. The van der Waals surface area contributed by atoms with Gasteiger partial charge in [0.2, 0.25) is 0 Å². The fourth-order valence-corrected chi connectivity index (χ4v) is 3.25. The number of nitrogens with one attached hydrogen (secondary N) is 2. The molecule has 2 N–H and O–H groups in total. The molecule has 0 aliphatic carbocycles. The van der Waals surface area contributed by atoms with Crippen LogP contribution in [0.4, 0.5) is 4.79 Å². The third-order valence-corrected chi connectivity index (χ3v) is 4.71. The van der Waals surface area contributed by atoms with Gasteiger partial charge in [0.25, 0.3) is 11.8 Å². The quantitative estimate of drug-likeness (QED) is 0.363. The SMILES string of the molecule is COc1cc(C=C2C(=O)NC(=O)NC2=O)cc(Br)c1OCCOc1ccc(C)cc1. The van der Waals surface area contributed by atoms with E-state index in [1.807, 2.05) is 41.8 Å². The van der Waals surface area contributed by atoms with Crippen molar-refractivity contribution in [1.29, 1.82) is 0 Å². The number of ether oxygens (including phenoxy) is 3. The second-order valence-corrected chi connectivity index (χ2v) is 7.19. The van der Waals surface area contributed by atoms with Gasteiger partial charge in [-0.3, -0.25) is 20.2 Å². The number of hydrogen-bond donors (Lipinski definition) is 2. The molecule has 3 rings (SSSR count). The smallest absolute Gasteiger partial charge is 0.328 e. The molecule has 1 saturated heterocycles. The molecule has 1 fully saturated rings. The summed E-state index contributed by atoms with van der Waals surface area (Å²) in [7, 11) is 1.48. The molecule has 0 bridgehead atoms. The van der Waals surface area contributed by atoms with Crippen LogP contribution in [0.2, 0.25) is 0 Å². The molecule has 156 valence electrons. The van der Waals surface area contributed by atoms with Crippen molar-refractivity contribution in [3.63, 3.8) is 0 Å². The number of rotatable bonds is 7. The van der Waals surface area contributed by atoms with Crippen molar-refractivity contribution < 1.29 is 28.6 Å². The molecule has 2 aromatic carbocycles. The molecule has 1 aliphatic rings. The Morgan fingerprint density at radius 2 is 1.60 bits per heavy atom. The number of urea groups is 1. The van der Waals surface area contributed by atoms with E-state index >= 15 is 0 Å². The molecular weight excluding hydrogens is 456 g/mol. The maximum absolute atomic E-state index is 11.9. The Labute approximate surface area is 181 Å². The largest absolute Gasteiger partial charge is 0.493 e. The van der Waals surface area contributed by atoms with E-state index in [2.05, 4.69) is 15.9 Å². The minimum absolute atomic E-state index is 0.191. The maximum atomic E-state index is 11.9. The first-order valence-electron chi connectivity index (χ1n) is 8.95. The number of barbiturate groups is 1. The molecule has 1 aliphatic heterocycles. The Bertz CT molecular complexity index is 995. The third-order valence-electron chi connectivity index (χ3n) is 4.13. The van der Waals surface area contributed by atoms with Crippen molar-refractivity contribution in [2.45, 2.75) is 6.92 Å². The summed E-state index contributed by atoms with van der Waals surface area (Å²) in [6.45, 7) is 2.61. The van der Waals surface area contributed by atoms with E-state index in [1.54, 1.807) is 12.1 Å². The van der Waals surface area contributed by atoms with E-state index in [9.17, 15) is 14.4 Å². The highest BCUT2D eigenvalue weighted by Gasteiger charge is 2.27. The van der Waals surface area contributed by atoms with Gasteiger partial charge >= 0.3 is 6.03 Å². The number of carbonyl (C=O) groups excluding carboxylic acids is 3. The van der Waals surface area contributed by atoms with Gasteiger partial charge in [0, 0.05) is 0 Å². The van der Waals surface area contributed by atoms with Crippen LogP contribution < -0.4 is 24.8 Å². The molecule has 0 spiro atoms. The topological polar surface area (TPSA) is 103 Å². The number of amides is 4. The van der Waals surface area contributed by atoms with Gasteiger partial charge in [-0.25, -0.2) is 4.79 Å². The fourth-order valence-electron chi connectivity index (χ4n) is 2.67. The van der Waals surface area contributed by atoms with Crippen molar-refractivity contribution in [3.05, 3.63) is 57.6 Å². The van der Waals surface area contributed by atoms with Gasteiger partial charge < -0.3 is 14.2 Å². The van der Waals surface area contributed by atoms with Crippen molar-refractivity contribution in [1.82, 2.24) is 10.6 Å². The number of imide groups is 2. The molecule has 30 heavy (non-hydrogen) atoms. The second-order valence-electron chi connectivity index (χ2n) is 6.34. The number of hydrogen-bond acceptors (Lipinski definition) is 6. The van der Waals surface area contributed by atoms with Crippen LogP contribution in [-0.2, 0) is 9.59 Å². The predicted octanol–water partition coefficient (Wildman–Crippen LogP) is 2.97. The molecule has 0 aromatic heterocycles. The van der Waals surface area contributed by atoms with Crippen LogP contribution in [0.5, 0.6) is 17.2 Å². The van der Waals surface area contributed by atoms with Crippen LogP contribution in [0.25, 0.3) is 6.08 Å². The van der Waals surface area contributed by atoms with Crippen LogP contribution in [0.3, 0.4) is 0 Å².